The van der Waals surface area contributed by atoms with Gasteiger partial charge in [0.25, 0.3) is 0 Å². The molecule has 0 atom stereocenters. The Hall–Kier alpha value is -3.31. The van der Waals surface area contributed by atoms with Crippen molar-refractivity contribution in [3.8, 4) is 17.2 Å². The number of hydrogen-bond acceptors (Lipinski definition) is 4. The first-order chi connectivity index (χ1) is 14.5. The molecule has 0 aromatic heterocycles. The molecule has 6 heteroatoms. The van der Waals surface area contributed by atoms with E-state index in [1.807, 2.05) is 24.3 Å². The van der Waals surface area contributed by atoms with E-state index in [-0.39, 0.29) is 23.7 Å². The van der Waals surface area contributed by atoms with E-state index in [0.717, 1.165) is 11.3 Å². The average molecular weight is 425 g/mol. The number of Topliss-reactive ketones (excluding diaryl/α,β-unsaturated/α-hetero) is 1. The lowest BCUT2D eigenvalue weighted by atomic mass is 10.0. The van der Waals surface area contributed by atoms with Crippen molar-refractivity contribution in [2.45, 2.75) is 13.5 Å². The molecule has 30 heavy (non-hydrogen) atoms. The fourth-order valence-electron chi connectivity index (χ4n) is 3.24. The maximum Gasteiger partial charge on any atom is 0.232 e. The number of halogens is 2. The van der Waals surface area contributed by atoms with Gasteiger partial charge in [0.05, 0.1) is 17.7 Å². The second-order valence-corrected chi connectivity index (χ2v) is 7.22. The van der Waals surface area contributed by atoms with Gasteiger partial charge >= 0.3 is 0 Å². The smallest absolute Gasteiger partial charge is 0.232 e. The molecule has 0 amide bonds. The predicted octanol–water partition coefficient (Wildman–Crippen LogP) is 5.99. The Morgan fingerprint density at radius 2 is 1.87 bits per heavy atom. The number of methoxy groups -OCH3 is 1. The summed E-state index contributed by atoms with van der Waals surface area (Å²) in [6, 6.07) is 15.1. The minimum Gasteiger partial charge on any atom is -0.497 e. The molecule has 1 heterocycles. The molecule has 0 fully saturated rings. The zero-order chi connectivity index (χ0) is 21.3. The number of carbonyl (C=O) groups is 1. The Morgan fingerprint density at radius 1 is 1.10 bits per heavy atom. The van der Waals surface area contributed by atoms with Crippen LogP contribution < -0.4 is 14.2 Å². The number of benzene rings is 3. The molecule has 0 saturated heterocycles. The van der Waals surface area contributed by atoms with E-state index in [4.69, 9.17) is 25.8 Å². The van der Waals surface area contributed by atoms with E-state index in [2.05, 4.69) is 0 Å². The molecule has 3 aromatic carbocycles. The van der Waals surface area contributed by atoms with Crippen molar-refractivity contribution in [3.05, 3.63) is 93.5 Å². The Morgan fingerprint density at radius 3 is 2.57 bits per heavy atom. The molecule has 1 aliphatic heterocycles. The minimum absolute atomic E-state index is 0.0355. The van der Waals surface area contributed by atoms with Crippen molar-refractivity contribution in [2.24, 2.45) is 0 Å². The lowest BCUT2D eigenvalue weighted by molar-refractivity contribution is 0.101. The number of allylic oxidation sites excluding steroid dienone is 1. The fraction of sp³-hybridized carbons (Fsp3) is 0.125. The first-order valence-corrected chi connectivity index (χ1v) is 9.62. The van der Waals surface area contributed by atoms with Gasteiger partial charge in [0, 0.05) is 11.6 Å². The molecule has 0 spiro atoms. The highest BCUT2D eigenvalue weighted by Gasteiger charge is 2.30. The highest BCUT2D eigenvalue weighted by atomic mass is 35.5. The number of hydrogen-bond donors (Lipinski definition) is 0. The zero-order valence-electron chi connectivity index (χ0n) is 16.4. The summed E-state index contributed by atoms with van der Waals surface area (Å²) in [5.74, 6) is 1.20. The van der Waals surface area contributed by atoms with Crippen LogP contribution in [0.3, 0.4) is 0 Å². The second kappa shape index (κ2) is 8.20. The van der Waals surface area contributed by atoms with Gasteiger partial charge in [-0.1, -0.05) is 29.8 Å². The molecule has 0 N–H and O–H groups in total. The molecule has 0 bridgehead atoms. The van der Waals surface area contributed by atoms with Crippen LogP contribution in [0.4, 0.5) is 4.39 Å². The monoisotopic (exact) mass is 424 g/mol. The predicted molar refractivity (Wildman–Crippen MR) is 113 cm³/mol. The van der Waals surface area contributed by atoms with Crippen LogP contribution in [0.15, 0.2) is 60.4 Å². The third-order valence-corrected chi connectivity index (χ3v) is 5.16. The van der Waals surface area contributed by atoms with Crippen LogP contribution in [-0.4, -0.2) is 12.9 Å². The largest absolute Gasteiger partial charge is 0.497 e. The Kier molecular flexibility index (Phi) is 5.46. The van der Waals surface area contributed by atoms with Crippen molar-refractivity contribution in [1.29, 1.82) is 0 Å². The molecule has 0 saturated carbocycles. The van der Waals surface area contributed by atoms with E-state index >= 15 is 0 Å². The third kappa shape index (κ3) is 3.89. The maximum atomic E-state index is 14.0. The first-order valence-electron chi connectivity index (χ1n) is 9.25. The van der Waals surface area contributed by atoms with Crippen molar-refractivity contribution < 1.29 is 23.4 Å². The molecular formula is C24H18ClFO4. The highest BCUT2D eigenvalue weighted by molar-refractivity contribution is 6.31. The van der Waals surface area contributed by atoms with E-state index < -0.39 is 5.82 Å². The van der Waals surface area contributed by atoms with Gasteiger partial charge in [-0.15, -0.1) is 0 Å². The molecule has 0 unspecified atom stereocenters. The normalized spacial score (nSPS) is 13.9. The summed E-state index contributed by atoms with van der Waals surface area (Å²) in [7, 11) is 1.59. The molecule has 4 rings (SSSR count). The molecule has 4 nitrogen and oxygen atoms in total. The summed E-state index contributed by atoms with van der Waals surface area (Å²) in [5.41, 5.74) is 2.29. The highest BCUT2D eigenvalue weighted by Crippen LogP contribution is 2.38. The fourth-order valence-corrected chi connectivity index (χ4v) is 3.46. The topological polar surface area (TPSA) is 44.8 Å². The first kappa shape index (κ1) is 20.0. The summed E-state index contributed by atoms with van der Waals surface area (Å²) in [4.78, 5) is 12.8. The molecular weight excluding hydrogens is 407 g/mol. The number of fused-ring (bicyclic) bond motifs is 1. The van der Waals surface area contributed by atoms with Crippen molar-refractivity contribution in [3.63, 3.8) is 0 Å². The minimum atomic E-state index is -0.434. The van der Waals surface area contributed by atoms with Gasteiger partial charge in [-0.05, 0) is 54.5 Å². The van der Waals surface area contributed by atoms with Crippen LogP contribution in [-0.2, 0) is 6.61 Å². The van der Waals surface area contributed by atoms with Gasteiger partial charge in [-0.25, -0.2) is 4.39 Å². The number of carbonyl (C=O) groups excluding carboxylic acids is 1. The molecule has 3 aromatic rings. The maximum absolute atomic E-state index is 14.0. The van der Waals surface area contributed by atoms with Gasteiger partial charge in [0.15, 0.2) is 5.76 Å². The molecule has 152 valence electrons. The Balaban J connectivity index is 1.57. The third-order valence-electron chi connectivity index (χ3n) is 4.80. The summed E-state index contributed by atoms with van der Waals surface area (Å²) in [6.45, 7) is 1.77. The summed E-state index contributed by atoms with van der Waals surface area (Å²) in [6.07, 6.45) is 1.68. The lowest BCUT2D eigenvalue weighted by Crippen LogP contribution is -2.01. The van der Waals surface area contributed by atoms with Crippen LogP contribution in [0.25, 0.3) is 6.08 Å². The lowest BCUT2D eigenvalue weighted by Gasteiger charge is -2.11. The molecule has 0 aliphatic carbocycles. The summed E-state index contributed by atoms with van der Waals surface area (Å²) in [5, 5.41) is 0.295. The van der Waals surface area contributed by atoms with Crippen LogP contribution in [0.5, 0.6) is 17.2 Å². The SMILES string of the molecule is COc1ccc(/C=C2\Oc3cc(OCc4c(F)cccc4Cl)cc(C)c3C2=O)cc1. The van der Waals surface area contributed by atoms with Crippen molar-refractivity contribution in [1.82, 2.24) is 0 Å². The second-order valence-electron chi connectivity index (χ2n) is 6.82. The van der Waals surface area contributed by atoms with Gasteiger partial charge in [0.1, 0.15) is 29.7 Å². The van der Waals surface area contributed by atoms with Gasteiger partial charge in [-0.3, -0.25) is 4.79 Å². The van der Waals surface area contributed by atoms with E-state index in [1.54, 1.807) is 38.3 Å². The summed E-state index contributed by atoms with van der Waals surface area (Å²) < 4.78 is 30.6. The Bertz CT molecular complexity index is 1130. The number of aryl methyl sites for hydroxylation is 1. The zero-order valence-corrected chi connectivity index (χ0v) is 17.1. The standard InChI is InChI=1S/C24H18ClFO4/c1-14-10-17(29-13-18-19(25)4-3-5-20(18)26)12-21-23(14)24(27)22(30-21)11-15-6-8-16(28-2)9-7-15/h3-12H,13H2,1-2H3/b22-11-. The van der Waals surface area contributed by atoms with Gasteiger partial charge in [0.2, 0.25) is 5.78 Å². The van der Waals surface area contributed by atoms with E-state index in [9.17, 15) is 9.18 Å². The van der Waals surface area contributed by atoms with Gasteiger partial charge < -0.3 is 14.2 Å². The van der Waals surface area contributed by atoms with Crippen LogP contribution in [0, 0.1) is 12.7 Å². The van der Waals surface area contributed by atoms with Crippen LogP contribution in [0.2, 0.25) is 5.02 Å². The van der Waals surface area contributed by atoms with Crippen molar-refractivity contribution >= 4 is 23.5 Å². The van der Waals surface area contributed by atoms with Crippen molar-refractivity contribution in [2.75, 3.05) is 7.11 Å². The van der Waals surface area contributed by atoms with E-state index in [1.165, 1.54) is 12.1 Å². The number of ketones is 1. The quantitative estimate of drug-likeness (QED) is 0.472. The summed E-state index contributed by atoms with van der Waals surface area (Å²) >= 11 is 6.05. The molecule has 1 aliphatic rings. The Labute approximate surface area is 178 Å². The number of rotatable bonds is 5. The van der Waals surface area contributed by atoms with Crippen LogP contribution >= 0.6 is 11.6 Å². The van der Waals surface area contributed by atoms with Gasteiger partial charge in [-0.2, -0.15) is 0 Å². The van der Waals surface area contributed by atoms with E-state index in [0.29, 0.717) is 27.6 Å². The molecule has 0 radical (unpaired) electrons. The number of ether oxygens (including phenoxy) is 3. The average Bonchev–Trinajstić information content (AvgIpc) is 3.04. The van der Waals surface area contributed by atoms with Crippen LogP contribution in [0.1, 0.15) is 27.0 Å².